The number of carboxylic acids is 1. The SMILES string of the molecule is [2H]c1cncc(C(=O)O)c1. The Labute approximate surface area is 53.4 Å². The van der Waals surface area contributed by atoms with Gasteiger partial charge in [-0.15, -0.1) is 0 Å². The van der Waals surface area contributed by atoms with Crippen LogP contribution in [0.5, 0.6) is 0 Å². The molecule has 0 atom stereocenters. The molecule has 0 aromatic carbocycles. The van der Waals surface area contributed by atoms with Crippen molar-refractivity contribution in [1.82, 2.24) is 4.98 Å². The molecule has 0 bridgehead atoms. The predicted octanol–water partition coefficient (Wildman–Crippen LogP) is 0.780. The van der Waals surface area contributed by atoms with E-state index in [0.29, 0.717) is 0 Å². The molecule has 1 aromatic heterocycles. The molecule has 0 spiro atoms. The van der Waals surface area contributed by atoms with E-state index in [4.69, 9.17) is 6.48 Å². The molecule has 1 rings (SSSR count). The van der Waals surface area contributed by atoms with E-state index in [0.717, 1.165) is 0 Å². The van der Waals surface area contributed by atoms with Crippen LogP contribution in [-0.2, 0) is 0 Å². The first-order chi connectivity index (χ1) is 4.70. The maximum Gasteiger partial charge on any atom is 0.337 e. The molecule has 3 heteroatoms. The van der Waals surface area contributed by atoms with E-state index >= 15 is 0 Å². The average molecular weight is 124 g/mol. The summed E-state index contributed by atoms with van der Waals surface area (Å²) in [6.45, 7) is 0. The van der Waals surface area contributed by atoms with E-state index in [9.17, 15) is 4.79 Å². The van der Waals surface area contributed by atoms with E-state index in [2.05, 4.69) is 4.98 Å². The van der Waals surface area contributed by atoms with Crippen molar-refractivity contribution in [2.24, 2.45) is 0 Å². The van der Waals surface area contributed by atoms with Gasteiger partial charge >= 0.3 is 5.97 Å². The van der Waals surface area contributed by atoms with Crippen LogP contribution in [0.4, 0.5) is 0 Å². The van der Waals surface area contributed by atoms with Crippen molar-refractivity contribution in [3.05, 3.63) is 30.1 Å². The van der Waals surface area contributed by atoms with Crippen molar-refractivity contribution in [1.29, 1.82) is 0 Å². The molecule has 0 unspecified atom stereocenters. The van der Waals surface area contributed by atoms with Gasteiger partial charge in [0.2, 0.25) is 0 Å². The normalized spacial score (nSPS) is 10.4. The van der Waals surface area contributed by atoms with Gasteiger partial charge in [0.05, 0.1) is 6.93 Å². The van der Waals surface area contributed by atoms with Crippen LogP contribution >= 0.6 is 0 Å². The van der Waals surface area contributed by atoms with E-state index in [-0.39, 0.29) is 11.6 Å². The molecular formula is C6H5NO2. The Hall–Kier alpha value is -1.38. The standard InChI is InChI=1S/C6H5NO2/c8-6(9)5-2-1-3-7-4-5/h1-4H,(H,8,9)/i1D. The minimum absolute atomic E-state index is 0.0486. The van der Waals surface area contributed by atoms with Gasteiger partial charge in [0.1, 0.15) is 0 Å². The fourth-order valence-electron chi connectivity index (χ4n) is 0.442. The van der Waals surface area contributed by atoms with Crippen LogP contribution < -0.4 is 0 Å². The highest BCUT2D eigenvalue weighted by molar-refractivity contribution is 5.86. The van der Waals surface area contributed by atoms with E-state index in [1.807, 2.05) is 0 Å². The van der Waals surface area contributed by atoms with E-state index in [1.54, 1.807) is 0 Å². The zero-order chi connectivity index (χ0) is 7.56. The summed E-state index contributed by atoms with van der Waals surface area (Å²) >= 11 is 0. The number of hydrogen-bond acceptors (Lipinski definition) is 2. The molecule has 46 valence electrons. The fraction of sp³-hybridized carbons (Fsp3) is 0. The highest BCUT2D eigenvalue weighted by atomic mass is 16.4. The Morgan fingerprint density at radius 1 is 1.89 bits per heavy atom. The summed E-state index contributed by atoms with van der Waals surface area (Å²) in [7, 11) is 0. The van der Waals surface area contributed by atoms with Gasteiger partial charge in [-0.3, -0.25) is 4.98 Å². The molecule has 0 saturated carbocycles. The number of aromatic nitrogens is 1. The summed E-state index contributed by atoms with van der Waals surface area (Å²) in [5.74, 6) is -1.05. The lowest BCUT2D eigenvalue weighted by Gasteiger charge is -1.87. The quantitative estimate of drug-likeness (QED) is 0.601. The summed E-state index contributed by atoms with van der Waals surface area (Å²) in [6, 6.07) is 1.36. The van der Waals surface area contributed by atoms with Gasteiger partial charge in [-0.25, -0.2) is 4.79 Å². The number of carbonyl (C=O) groups is 1. The second-order valence-electron chi connectivity index (χ2n) is 1.48. The first-order valence-corrected chi connectivity index (χ1v) is 2.35. The van der Waals surface area contributed by atoms with Gasteiger partial charge in [0, 0.05) is 12.4 Å². The third-order valence-electron chi connectivity index (χ3n) is 0.848. The van der Waals surface area contributed by atoms with Gasteiger partial charge in [-0.1, -0.05) is 0 Å². The van der Waals surface area contributed by atoms with Gasteiger partial charge in [-0.05, 0) is 12.1 Å². The number of pyridine rings is 1. The van der Waals surface area contributed by atoms with Gasteiger partial charge in [-0.2, -0.15) is 0 Å². The zero-order valence-electron chi connectivity index (χ0n) is 5.53. The lowest BCUT2D eigenvalue weighted by atomic mass is 10.3. The van der Waals surface area contributed by atoms with Gasteiger partial charge in [0.25, 0.3) is 0 Å². The molecule has 1 aromatic rings. The molecular weight excluding hydrogens is 118 g/mol. The summed E-state index contributed by atoms with van der Waals surface area (Å²) in [6.07, 6.45) is 2.49. The molecule has 9 heavy (non-hydrogen) atoms. The van der Waals surface area contributed by atoms with Crippen molar-refractivity contribution >= 4 is 5.97 Å². The molecule has 1 N–H and O–H groups in total. The molecule has 0 amide bonds. The van der Waals surface area contributed by atoms with E-state index in [1.165, 1.54) is 18.5 Å². The largest absolute Gasteiger partial charge is 0.478 e. The van der Waals surface area contributed by atoms with Crippen molar-refractivity contribution in [3.8, 4) is 0 Å². The topological polar surface area (TPSA) is 50.2 Å². The molecule has 0 aliphatic rings. The van der Waals surface area contributed by atoms with Crippen LogP contribution in [0.25, 0.3) is 0 Å². The third-order valence-corrected chi connectivity index (χ3v) is 0.848. The molecule has 0 radical (unpaired) electrons. The number of nitrogens with zero attached hydrogens (tertiary/aromatic N) is 1. The second kappa shape index (κ2) is 2.26. The van der Waals surface area contributed by atoms with Crippen LogP contribution in [-0.4, -0.2) is 16.1 Å². The highest BCUT2D eigenvalue weighted by Crippen LogP contribution is 1.92. The Balaban J connectivity index is 3.07. The Kier molecular flexibility index (Phi) is 1.13. The number of hydrogen-bond donors (Lipinski definition) is 1. The van der Waals surface area contributed by atoms with Gasteiger partial charge in [0.15, 0.2) is 0 Å². The van der Waals surface area contributed by atoms with Crippen LogP contribution in [0, 0.1) is 0 Å². The number of rotatable bonds is 1. The van der Waals surface area contributed by atoms with Crippen LogP contribution in [0.3, 0.4) is 0 Å². The van der Waals surface area contributed by atoms with Gasteiger partial charge < -0.3 is 5.11 Å². The van der Waals surface area contributed by atoms with Crippen LogP contribution in [0.15, 0.2) is 24.5 Å². The monoisotopic (exact) mass is 124 g/mol. The Morgan fingerprint density at radius 2 is 2.67 bits per heavy atom. The first-order valence-electron chi connectivity index (χ1n) is 2.85. The molecule has 1 heterocycles. The Bertz CT molecular complexity index is 262. The lowest BCUT2D eigenvalue weighted by Crippen LogP contribution is -1.94. The van der Waals surface area contributed by atoms with Crippen molar-refractivity contribution < 1.29 is 11.3 Å². The fourth-order valence-corrected chi connectivity index (χ4v) is 0.442. The zero-order valence-corrected chi connectivity index (χ0v) is 4.53. The highest BCUT2D eigenvalue weighted by Gasteiger charge is 1.97. The number of aromatic carboxylic acids is 1. The Morgan fingerprint density at radius 3 is 3.11 bits per heavy atom. The second-order valence-corrected chi connectivity index (χ2v) is 1.48. The maximum absolute atomic E-state index is 10.2. The third kappa shape index (κ3) is 1.25. The minimum atomic E-state index is -1.05. The summed E-state index contributed by atoms with van der Waals surface area (Å²) in [4.78, 5) is 13.8. The van der Waals surface area contributed by atoms with Crippen molar-refractivity contribution in [2.75, 3.05) is 0 Å². The summed E-state index contributed by atoms with van der Waals surface area (Å²) in [5, 5.41) is 8.39. The molecule has 0 fully saturated rings. The summed E-state index contributed by atoms with van der Waals surface area (Å²) in [5.41, 5.74) is 0.0486. The maximum atomic E-state index is 10.2. The van der Waals surface area contributed by atoms with Crippen molar-refractivity contribution in [3.63, 3.8) is 0 Å². The first kappa shape index (κ1) is 4.49. The molecule has 0 saturated heterocycles. The van der Waals surface area contributed by atoms with E-state index < -0.39 is 5.97 Å². The minimum Gasteiger partial charge on any atom is -0.478 e. The lowest BCUT2D eigenvalue weighted by molar-refractivity contribution is 0.0696. The predicted molar refractivity (Wildman–Crippen MR) is 31.2 cm³/mol. The molecule has 0 aliphatic heterocycles. The van der Waals surface area contributed by atoms with Crippen molar-refractivity contribution in [2.45, 2.75) is 0 Å². The molecule has 0 aliphatic carbocycles. The smallest absolute Gasteiger partial charge is 0.337 e. The van der Waals surface area contributed by atoms with Crippen LogP contribution in [0.1, 0.15) is 11.7 Å². The number of carboxylic acid groups (broad SMARTS) is 1. The average Bonchev–Trinajstić information content (AvgIpc) is 1.88. The molecule has 3 nitrogen and oxygen atoms in total. The summed E-state index contributed by atoms with van der Waals surface area (Å²) < 4.78 is 7.00. The van der Waals surface area contributed by atoms with Crippen LogP contribution in [0.2, 0.25) is 0 Å².